The van der Waals surface area contributed by atoms with Gasteiger partial charge in [-0.3, -0.25) is 33.7 Å². The first-order valence-corrected chi connectivity index (χ1v) is 23.4. The summed E-state index contributed by atoms with van der Waals surface area (Å²) >= 11 is 0. The number of carboxylic acid groups (broad SMARTS) is 2. The molecule has 15 heteroatoms. The van der Waals surface area contributed by atoms with Crippen molar-refractivity contribution in [3.63, 3.8) is 0 Å². The number of fused-ring (bicyclic) bond motifs is 5. The first-order chi connectivity index (χ1) is 30.5. The fraction of sp³-hybridized carbons (Fsp3) is 0.653. The largest absolute Gasteiger partial charge is 0.481 e. The van der Waals surface area contributed by atoms with Crippen molar-refractivity contribution in [3.05, 3.63) is 59.4 Å². The summed E-state index contributed by atoms with van der Waals surface area (Å²) in [5.41, 5.74) is -0.961. The molecule has 3 amide bonds. The molecule has 7 aliphatic rings. The van der Waals surface area contributed by atoms with Gasteiger partial charge in [-0.2, -0.15) is 0 Å². The third-order valence-electron chi connectivity index (χ3n) is 15.0. The van der Waals surface area contributed by atoms with Gasteiger partial charge < -0.3 is 29.9 Å². The number of ketones is 2. The van der Waals surface area contributed by atoms with Crippen LogP contribution in [0.15, 0.2) is 42.5 Å². The lowest BCUT2D eigenvalue weighted by Crippen LogP contribution is -2.44. The molecule has 5 heterocycles. The van der Waals surface area contributed by atoms with Crippen LogP contribution in [0.5, 0.6) is 0 Å². The van der Waals surface area contributed by atoms with Gasteiger partial charge in [0.05, 0.1) is 42.1 Å². The lowest BCUT2D eigenvalue weighted by molar-refractivity contribution is -0.148. The number of benzene rings is 1. The maximum atomic E-state index is 14.1. The number of amides is 3. The SMILES string of the molecule is C[C@H]1CCCCC/C=C\[C@@H]2C[C@@]2(C(=O)O)CC(=O)[C@@H]2C[C@@H](O)CN2C1=O.C[C@H]1CCCCC/C=C\[C@@H]2C[C@@]2(C(=O)O)CC(=O)[C@@H]2C[C@@H](OC(=O)N3Cc4cccc(F)c4C3)CN2C1=O. The average Bonchev–Trinajstić information content (AvgIpc) is 3.86. The molecule has 2 saturated heterocycles. The van der Waals surface area contributed by atoms with Gasteiger partial charge in [-0.15, -0.1) is 0 Å². The smallest absolute Gasteiger partial charge is 0.410 e. The molecule has 348 valence electrons. The number of hydrogen-bond donors (Lipinski definition) is 3. The van der Waals surface area contributed by atoms with E-state index in [-0.39, 0.29) is 105 Å². The summed E-state index contributed by atoms with van der Waals surface area (Å²) < 4.78 is 19.9. The van der Waals surface area contributed by atoms with Crippen LogP contribution in [0.4, 0.5) is 9.18 Å². The van der Waals surface area contributed by atoms with E-state index in [1.165, 1.54) is 20.8 Å². The predicted molar refractivity (Wildman–Crippen MR) is 231 cm³/mol. The van der Waals surface area contributed by atoms with Gasteiger partial charge in [0.2, 0.25) is 11.8 Å². The highest BCUT2D eigenvalue weighted by Gasteiger charge is 2.62. The summed E-state index contributed by atoms with van der Waals surface area (Å²) in [7, 11) is 0. The fourth-order valence-electron chi connectivity index (χ4n) is 10.7. The van der Waals surface area contributed by atoms with Crippen LogP contribution in [0.2, 0.25) is 0 Å². The van der Waals surface area contributed by atoms with E-state index in [1.807, 2.05) is 38.2 Å². The molecule has 5 aliphatic heterocycles. The highest BCUT2D eigenvalue weighted by atomic mass is 19.1. The molecular formula is C49H64FN3O11. The minimum absolute atomic E-state index is 0.0626. The topological polar surface area (TPSA) is 199 Å². The number of halogens is 1. The first-order valence-electron chi connectivity index (χ1n) is 23.4. The molecule has 0 spiro atoms. The summed E-state index contributed by atoms with van der Waals surface area (Å²) in [5, 5.41) is 29.7. The van der Waals surface area contributed by atoms with Crippen molar-refractivity contribution in [3.8, 4) is 0 Å². The van der Waals surface area contributed by atoms with Crippen LogP contribution in [-0.4, -0.2) is 109 Å². The summed E-state index contributed by atoms with van der Waals surface area (Å²) in [6.45, 7) is 4.32. The number of aliphatic carboxylic acids is 2. The Bertz CT molecular complexity index is 2060. The van der Waals surface area contributed by atoms with Crippen molar-refractivity contribution in [2.75, 3.05) is 13.1 Å². The molecule has 1 aromatic carbocycles. The molecule has 2 aliphatic carbocycles. The Morgan fingerprint density at radius 1 is 0.719 bits per heavy atom. The molecule has 0 radical (unpaired) electrons. The van der Waals surface area contributed by atoms with Gasteiger partial charge in [0.25, 0.3) is 0 Å². The molecule has 1 aromatic rings. The molecule has 0 unspecified atom stereocenters. The van der Waals surface area contributed by atoms with Crippen LogP contribution >= 0.6 is 0 Å². The third-order valence-corrected chi connectivity index (χ3v) is 15.0. The molecule has 10 atom stereocenters. The highest BCUT2D eigenvalue weighted by Crippen LogP contribution is 2.58. The number of ether oxygens (including phenoxy) is 1. The fourth-order valence-corrected chi connectivity index (χ4v) is 10.7. The number of rotatable bonds is 3. The van der Waals surface area contributed by atoms with Crippen molar-refractivity contribution in [2.24, 2.45) is 34.5 Å². The maximum absolute atomic E-state index is 14.1. The summed E-state index contributed by atoms with van der Waals surface area (Å²) in [6, 6.07) is 3.22. The Hall–Kier alpha value is -4.92. The van der Waals surface area contributed by atoms with E-state index in [1.54, 1.807) is 12.1 Å². The van der Waals surface area contributed by atoms with Crippen LogP contribution < -0.4 is 0 Å². The van der Waals surface area contributed by atoms with E-state index in [2.05, 4.69) is 0 Å². The number of aliphatic hydroxyl groups excluding tert-OH is 1. The number of Topliss-reactive ketones (excluding diaryl/α,β-unsaturated/α-hetero) is 2. The minimum atomic E-state index is -1.13. The van der Waals surface area contributed by atoms with E-state index in [9.17, 15) is 53.3 Å². The lowest BCUT2D eigenvalue weighted by Gasteiger charge is -2.27. The highest BCUT2D eigenvalue weighted by molar-refractivity contribution is 5.96. The van der Waals surface area contributed by atoms with Crippen LogP contribution in [0.1, 0.15) is 128 Å². The number of aliphatic hydroxyl groups is 1. The second-order valence-corrected chi connectivity index (χ2v) is 19.6. The number of allylic oxidation sites excluding steroid dienone is 4. The Morgan fingerprint density at radius 2 is 1.25 bits per heavy atom. The van der Waals surface area contributed by atoms with E-state index in [4.69, 9.17) is 4.74 Å². The Balaban J connectivity index is 0.000000206. The average molecular weight is 890 g/mol. The van der Waals surface area contributed by atoms with Crippen molar-refractivity contribution in [1.29, 1.82) is 0 Å². The number of carbonyl (C=O) groups excluding carboxylic acids is 5. The van der Waals surface area contributed by atoms with Gasteiger partial charge in [-0.25, -0.2) is 9.18 Å². The summed E-state index contributed by atoms with van der Waals surface area (Å²) in [6.07, 6.45) is 16.0. The van der Waals surface area contributed by atoms with E-state index >= 15 is 0 Å². The van der Waals surface area contributed by atoms with Gasteiger partial charge in [0, 0.05) is 56.2 Å². The van der Waals surface area contributed by atoms with Crippen LogP contribution in [0.25, 0.3) is 0 Å². The maximum Gasteiger partial charge on any atom is 0.410 e. The normalized spacial score (nSPS) is 35.6. The van der Waals surface area contributed by atoms with Crippen LogP contribution in [-0.2, 0) is 46.6 Å². The first kappa shape index (κ1) is 47.1. The molecule has 8 rings (SSSR count). The molecule has 0 aromatic heterocycles. The Kier molecular flexibility index (Phi) is 14.5. The molecule has 64 heavy (non-hydrogen) atoms. The zero-order valence-electron chi connectivity index (χ0n) is 37.1. The molecule has 14 nitrogen and oxygen atoms in total. The predicted octanol–water partition coefficient (Wildman–Crippen LogP) is 6.61. The monoisotopic (exact) mass is 889 g/mol. The van der Waals surface area contributed by atoms with Crippen molar-refractivity contribution in [1.82, 2.24) is 14.7 Å². The summed E-state index contributed by atoms with van der Waals surface area (Å²) in [4.78, 5) is 94.0. The van der Waals surface area contributed by atoms with Crippen LogP contribution in [0.3, 0.4) is 0 Å². The molecule has 0 bridgehead atoms. The van der Waals surface area contributed by atoms with Crippen molar-refractivity contribution in [2.45, 2.75) is 154 Å². The van der Waals surface area contributed by atoms with Gasteiger partial charge >= 0.3 is 18.0 Å². The number of carboxylic acids is 2. The van der Waals surface area contributed by atoms with Crippen molar-refractivity contribution < 1.29 is 58.0 Å². The van der Waals surface area contributed by atoms with Gasteiger partial charge in [-0.05, 0) is 74.8 Å². The second kappa shape index (κ2) is 19.7. The number of nitrogens with zero attached hydrogens (tertiary/aromatic N) is 3. The zero-order chi connectivity index (χ0) is 45.9. The van der Waals surface area contributed by atoms with E-state index in [0.29, 0.717) is 24.8 Å². The van der Waals surface area contributed by atoms with Gasteiger partial charge in [0.15, 0.2) is 11.6 Å². The van der Waals surface area contributed by atoms with E-state index in [0.717, 1.165) is 63.4 Å². The third kappa shape index (κ3) is 10.1. The van der Waals surface area contributed by atoms with Gasteiger partial charge in [-0.1, -0.05) is 76.0 Å². The standard InChI is InChI=1S/C29H35FN2O6.C20H29NO5/c1-18-8-5-3-2-4-6-10-20-13-29(20,27(35)36)14-25(33)24-12-21(16-32(24)26(18)34)38-28(37)31-15-19-9-7-11-23(30)22(19)17-31;1-13-7-5-3-2-4-6-8-14-10-20(14,19(25)26)11-17(23)16-9-15(22)12-21(16)18(13)24/h6-7,9-11,18,20-21,24H,2-5,8,12-17H2,1H3,(H,35,36);6,8,13-16,22H,2-5,7,9-12H2,1H3,(H,25,26)/b10-6-;8-6-/t18-,20+,21+,24-,29+;13-,14+,15+,16-,20+/m00/s1. The minimum Gasteiger partial charge on any atom is -0.481 e. The Morgan fingerprint density at radius 3 is 1.78 bits per heavy atom. The molecule has 4 fully saturated rings. The molecule has 2 saturated carbocycles. The quantitative estimate of drug-likeness (QED) is 0.276. The van der Waals surface area contributed by atoms with Gasteiger partial charge in [0.1, 0.15) is 11.9 Å². The van der Waals surface area contributed by atoms with Crippen LogP contribution in [0, 0.1) is 40.3 Å². The molecular weight excluding hydrogens is 826 g/mol. The van der Waals surface area contributed by atoms with Crippen molar-refractivity contribution >= 4 is 41.4 Å². The van der Waals surface area contributed by atoms with E-state index < -0.39 is 53.2 Å². The molecule has 3 N–H and O–H groups in total. The Labute approximate surface area is 374 Å². The summed E-state index contributed by atoms with van der Waals surface area (Å²) in [5.74, 6) is -3.84. The number of carbonyl (C=O) groups is 7. The number of hydrogen-bond acceptors (Lipinski definition) is 9. The zero-order valence-corrected chi connectivity index (χ0v) is 37.1. The lowest BCUT2D eigenvalue weighted by atomic mass is 9.91. The second-order valence-electron chi connectivity index (χ2n) is 19.6.